The number of halogens is 2. The number of carbonyl (C=O) groups excluding carboxylic acids is 3. The van der Waals surface area contributed by atoms with E-state index < -0.39 is 6.03 Å². The van der Waals surface area contributed by atoms with Gasteiger partial charge in [0, 0.05) is 30.2 Å². The van der Waals surface area contributed by atoms with Crippen LogP contribution in [0.25, 0.3) is 0 Å². The molecule has 0 aromatic heterocycles. The van der Waals surface area contributed by atoms with Crippen LogP contribution in [0.4, 0.5) is 4.79 Å². The van der Waals surface area contributed by atoms with Gasteiger partial charge < -0.3 is 9.80 Å². The molecule has 2 heterocycles. The van der Waals surface area contributed by atoms with Crippen LogP contribution in [-0.2, 0) is 22.6 Å². The molecule has 122 valence electrons. The molecule has 1 aromatic carbocycles. The van der Waals surface area contributed by atoms with Crippen molar-refractivity contribution in [3.8, 4) is 0 Å². The van der Waals surface area contributed by atoms with E-state index in [1.54, 1.807) is 11.0 Å². The lowest BCUT2D eigenvalue weighted by molar-refractivity contribution is -0.137. The molecule has 6 nitrogen and oxygen atoms in total. The van der Waals surface area contributed by atoms with Gasteiger partial charge in [-0.3, -0.25) is 14.5 Å². The molecule has 0 saturated carbocycles. The Morgan fingerprint density at radius 1 is 1.22 bits per heavy atom. The second-order valence-corrected chi connectivity index (χ2v) is 6.55. The Kier molecular flexibility index (Phi) is 4.21. The monoisotopic (exact) mass is 355 g/mol. The standard InChI is InChI=1S/C15H15Cl2N3O3/c1-18-7-14(22)20(15(18)23)8-13(21)19-3-2-9-4-10(16)5-12(17)11(9)6-19/h4-5H,2-3,6-8H2,1H3. The van der Waals surface area contributed by atoms with Crippen molar-refractivity contribution in [3.63, 3.8) is 0 Å². The highest BCUT2D eigenvalue weighted by Crippen LogP contribution is 2.30. The highest BCUT2D eigenvalue weighted by atomic mass is 35.5. The van der Waals surface area contributed by atoms with Gasteiger partial charge in [0.05, 0.1) is 0 Å². The lowest BCUT2D eigenvalue weighted by Crippen LogP contribution is -2.45. The zero-order chi connectivity index (χ0) is 16.7. The van der Waals surface area contributed by atoms with Crippen LogP contribution >= 0.6 is 23.2 Å². The van der Waals surface area contributed by atoms with E-state index in [4.69, 9.17) is 23.2 Å². The first-order chi connectivity index (χ1) is 10.9. The Morgan fingerprint density at radius 2 is 1.96 bits per heavy atom. The van der Waals surface area contributed by atoms with E-state index in [9.17, 15) is 14.4 Å². The number of amides is 4. The van der Waals surface area contributed by atoms with Crippen molar-refractivity contribution in [3.05, 3.63) is 33.3 Å². The van der Waals surface area contributed by atoms with Gasteiger partial charge in [0.25, 0.3) is 5.91 Å². The summed E-state index contributed by atoms with van der Waals surface area (Å²) in [5.74, 6) is -0.619. The Hall–Kier alpha value is -1.79. The van der Waals surface area contributed by atoms with Gasteiger partial charge in [-0.05, 0) is 29.7 Å². The summed E-state index contributed by atoms with van der Waals surface area (Å²) >= 11 is 12.2. The van der Waals surface area contributed by atoms with Gasteiger partial charge in [0.15, 0.2) is 0 Å². The number of urea groups is 1. The third kappa shape index (κ3) is 3.01. The third-order valence-electron chi connectivity index (χ3n) is 4.13. The van der Waals surface area contributed by atoms with Gasteiger partial charge in [-0.25, -0.2) is 4.79 Å². The molecule has 0 bridgehead atoms. The number of imide groups is 1. The number of likely N-dealkylation sites (N-methyl/N-ethyl adjacent to an activating group) is 1. The molecule has 0 atom stereocenters. The zero-order valence-corrected chi connectivity index (χ0v) is 14.0. The molecule has 0 aliphatic carbocycles. The van der Waals surface area contributed by atoms with Crippen LogP contribution in [0.2, 0.25) is 10.0 Å². The first-order valence-electron chi connectivity index (χ1n) is 7.17. The fourth-order valence-corrected chi connectivity index (χ4v) is 3.45. The van der Waals surface area contributed by atoms with Crippen molar-refractivity contribution in [1.82, 2.24) is 14.7 Å². The van der Waals surface area contributed by atoms with E-state index in [-0.39, 0.29) is 24.9 Å². The molecular weight excluding hydrogens is 341 g/mol. The second-order valence-electron chi connectivity index (χ2n) is 5.71. The molecule has 23 heavy (non-hydrogen) atoms. The molecule has 3 rings (SSSR count). The molecule has 8 heteroatoms. The van der Waals surface area contributed by atoms with Crippen molar-refractivity contribution in [2.75, 3.05) is 26.7 Å². The number of hydrogen-bond donors (Lipinski definition) is 0. The SMILES string of the molecule is CN1CC(=O)N(CC(=O)N2CCc3cc(Cl)cc(Cl)c3C2)C1=O. The maximum Gasteiger partial charge on any atom is 0.327 e. The van der Waals surface area contributed by atoms with E-state index in [1.165, 1.54) is 11.9 Å². The van der Waals surface area contributed by atoms with Crippen LogP contribution in [0.3, 0.4) is 0 Å². The molecule has 0 N–H and O–H groups in total. The van der Waals surface area contributed by atoms with Crippen molar-refractivity contribution >= 4 is 41.0 Å². The van der Waals surface area contributed by atoms with Crippen LogP contribution in [0.1, 0.15) is 11.1 Å². The predicted molar refractivity (Wildman–Crippen MR) is 85.3 cm³/mol. The number of rotatable bonds is 2. The summed E-state index contributed by atoms with van der Waals surface area (Å²) in [6.45, 7) is 0.645. The lowest BCUT2D eigenvalue weighted by Gasteiger charge is -2.30. The first kappa shape index (κ1) is 16.1. The minimum Gasteiger partial charge on any atom is -0.336 e. The average Bonchev–Trinajstić information content (AvgIpc) is 2.73. The van der Waals surface area contributed by atoms with Crippen LogP contribution in [0, 0.1) is 0 Å². The van der Waals surface area contributed by atoms with E-state index in [1.807, 2.05) is 6.07 Å². The fraction of sp³-hybridized carbons (Fsp3) is 0.400. The molecule has 2 aliphatic heterocycles. The summed E-state index contributed by atoms with van der Waals surface area (Å²) in [6, 6.07) is 3.07. The minimum absolute atomic E-state index is 0.0132. The van der Waals surface area contributed by atoms with E-state index >= 15 is 0 Å². The van der Waals surface area contributed by atoms with Crippen molar-refractivity contribution in [2.24, 2.45) is 0 Å². The summed E-state index contributed by atoms with van der Waals surface area (Å²) in [7, 11) is 1.53. The van der Waals surface area contributed by atoms with Crippen LogP contribution in [0.15, 0.2) is 12.1 Å². The molecule has 1 fully saturated rings. The second kappa shape index (κ2) is 6.02. The number of benzene rings is 1. The summed E-state index contributed by atoms with van der Waals surface area (Å²) < 4.78 is 0. The van der Waals surface area contributed by atoms with E-state index in [0.29, 0.717) is 29.6 Å². The Labute approximate surface area is 143 Å². The highest BCUT2D eigenvalue weighted by Gasteiger charge is 2.36. The smallest absolute Gasteiger partial charge is 0.327 e. The molecule has 2 aliphatic rings. The molecule has 0 radical (unpaired) electrons. The molecule has 1 aromatic rings. The summed E-state index contributed by atoms with van der Waals surface area (Å²) in [5, 5.41) is 1.10. The summed E-state index contributed by atoms with van der Waals surface area (Å²) in [4.78, 5) is 39.9. The van der Waals surface area contributed by atoms with Gasteiger partial charge in [-0.1, -0.05) is 23.2 Å². The number of carbonyl (C=O) groups is 3. The van der Waals surface area contributed by atoms with E-state index in [2.05, 4.69) is 0 Å². The summed E-state index contributed by atoms with van der Waals surface area (Å²) in [5.41, 5.74) is 1.89. The molecule has 1 saturated heterocycles. The van der Waals surface area contributed by atoms with Crippen molar-refractivity contribution in [2.45, 2.75) is 13.0 Å². The maximum absolute atomic E-state index is 12.4. The summed E-state index contributed by atoms with van der Waals surface area (Å²) in [6.07, 6.45) is 0.642. The minimum atomic E-state index is -0.439. The number of fused-ring (bicyclic) bond motifs is 1. The predicted octanol–water partition coefficient (Wildman–Crippen LogP) is 1.77. The normalized spacial score (nSPS) is 17.8. The fourth-order valence-electron chi connectivity index (χ4n) is 2.85. The van der Waals surface area contributed by atoms with Gasteiger partial charge in [0.1, 0.15) is 13.1 Å². The Bertz CT molecular complexity index is 707. The molecule has 4 amide bonds. The Balaban J connectivity index is 1.72. The maximum atomic E-state index is 12.4. The van der Waals surface area contributed by atoms with Crippen LogP contribution in [-0.4, -0.2) is 59.2 Å². The molecule has 0 spiro atoms. The van der Waals surface area contributed by atoms with Gasteiger partial charge in [-0.15, -0.1) is 0 Å². The van der Waals surface area contributed by atoms with Gasteiger partial charge in [0.2, 0.25) is 5.91 Å². The average molecular weight is 356 g/mol. The van der Waals surface area contributed by atoms with Gasteiger partial charge in [-0.2, -0.15) is 0 Å². The zero-order valence-electron chi connectivity index (χ0n) is 12.5. The number of nitrogens with zero attached hydrogens (tertiary/aromatic N) is 3. The largest absolute Gasteiger partial charge is 0.336 e. The van der Waals surface area contributed by atoms with Crippen LogP contribution in [0.5, 0.6) is 0 Å². The first-order valence-corrected chi connectivity index (χ1v) is 7.92. The van der Waals surface area contributed by atoms with Crippen molar-refractivity contribution < 1.29 is 14.4 Å². The number of hydrogen-bond acceptors (Lipinski definition) is 3. The third-order valence-corrected chi connectivity index (χ3v) is 4.69. The van der Waals surface area contributed by atoms with Crippen LogP contribution < -0.4 is 0 Å². The molecular formula is C15H15Cl2N3O3. The molecule has 0 unspecified atom stereocenters. The van der Waals surface area contributed by atoms with Gasteiger partial charge >= 0.3 is 6.03 Å². The topological polar surface area (TPSA) is 60.9 Å². The van der Waals surface area contributed by atoms with Crippen molar-refractivity contribution in [1.29, 1.82) is 0 Å². The lowest BCUT2D eigenvalue weighted by atomic mass is 9.99. The quantitative estimate of drug-likeness (QED) is 0.759. The van der Waals surface area contributed by atoms with E-state index in [0.717, 1.165) is 16.0 Å². The highest BCUT2D eigenvalue weighted by molar-refractivity contribution is 6.35. The Morgan fingerprint density at radius 3 is 2.61 bits per heavy atom.